The summed E-state index contributed by atoms with van der Waals surface area (Å²) >= 11 is 0. The van der Waals surface area contributed by atoms with Gasteiger partial charge >= 0.3 is 6.18 Å². The summed E-state index contributed by atoms with van der Waals surface area (Å²) in [7, 11) is 0. The molecular weight excluding hydrogens is 433 g/mol. The number of anilines is 1. The molecular formula is C22H21F3N8. The molecule has 2 atom stereocenters. The average molecular weight is 454 g/mol. The quantitative estimate of drug-likeness (QED) is 0.480. The molecule has 0 aromatic carbocycles. The molecule has 2 fully saturated rings. The van der Waals surface area contributed by atoms with Gasteiger partial charge in [0.25, 0.3) is 0 Å². The minimum Gasteiger partial charge on any atom is -0.365 e. The molecule has 2 aliphatic rings. The number of halogens is 3. The number of rotatable bonds is 5. The summed E-state index contributed by atoms with van der Waals surface area (Å²) in [5.74, 6) is -1.08. The monoisotopic (exact) mass is 454 g/mol. The fraction of sp³-hybridized carbons (Fsp3) is 0.364. The molecule has 0 spiro atoms. The maximum absolute atomic E-state index is 13.3. The summed E-state index contributed by atoms with van der Waals surface area (Å²) in [6.07, 6.45) is 3.50. The lowest BCUT2D eigenvalue weighted by atomic mass is 10.0. The first-order valence-electron chi connectivity index (χ1n) is 10.9. The molecule has 0 bridgehead atoms. The number of fused-ring (bicyclic) bond motifs is 1. The van der Waals surface area contributed by atoms with Crippen LogP contribution in [0.4, 0.5) is 19.0 Å². The Morgan fingerprint density at radius 2 is 1.91 bits per heavy atom. The Morgan fingerprint density at radius 3 is 2.73 bits per heavy atom. The van der Waals surface area contributed by atoms with Gasteiger partial charge in [0.05, 0.1) is 41.8 Å². The van der Waals surface area contributed by atoms with Crippen LogP contribution in [0.5, 0.6) is 0 Å². The Hall–Kier alpha value is -3.47. The Labute approximate surface area is 186 Å². The molecule has 1 saturated heterocycles. The van der Waals surface area contributed by atoms with Crippen LogP contribution in [0.2, 0.25) is 0 Å². The van der Waals surface area contributed by atoms with E-state index in [-0.39, 0.29) is 13.1 Å². The van der Waals surface area contributed by atoms with E-state index in [2.05, 4.69) is 25.7 Å². The van der Waals surface area contributed by atoms with Gasteiger partial charge < -0.3 is 10.6 Å². The molecule has 6 rings (SSSR count). The molecule has 170 valence electrons. The molecule has 33 heavy (non-hydrogen) atoms. The van der Waals surface area contributed by atoms with Gasteiger partial charge in [-0.3, -0.25) is 4.68 Å². The Bertz CT molecular complexity index is 1310. The third-order valence-corrected chi connectivity index (χ3v) is 6.16. The summed E-state index contributed by atoms with van der Waals surface area (Å²) in [4.78, 5) is 8.97. The highest BCUT2D eigenvalue weighted by Gasteiger charge is 2.47. The number of hydrogen-bond acceptors (Lipinski definition) is 6. The number of aromatic nitrogens is 6. The number of hydrogen-bond donors (Lipinski definition) is 2. The Balaban J connectivity index is 1.30. The summed E-state index contributed by atoms with van der Waals surface area (Å²) in [6.45, 7) is 0.128. The molecule has 1 aliphatic heterocycles. The van der Waals surface area contributed by atoms with Crippen LogP contribution in [0.3, 0.4) is 0 Å². The molecule has 5 heterocycles. The lowest BCUT2D eigenvalue weighted by Crippen LogP contribution is -2.38. The van der Waals surface area contributed by atoms with Gasteiger partial charge in [0.15, 0.2) is 5.65 Å². The van der Waals surface area contributed by atoms with Gasteiger partial charge in [0.1, 0.15) is 11.5 Å². The van der Waals surface area contributed by atoms with Crippen LogP contribution < -0.4 is 10.6 Å². The van der Waals surface area contributed by atoms with Crippen LogP contribution in [0.1, 0.15) is 18.9 Å². The van der Waals surface area contributed by atoms with Crippen LogP contribution in [-0.4, -0.2) is 54.7 Å². The number of pyridine rings is 1. The predicted octanol–water partition coefficient (Wildman–Crippen LogP) is 3.55. The predicted molar refractivity (Wildman–Crippen MR) is 116 cm³/mol. The molecule has 0 radical (unpaired) electrons. The van der Waals surface area contributed by atoms with E-state index in [4.69, 9.17) is 5.10 Å². The summed E-state index contributed by atoms with van der Waals surface area (Å²) in [6, 6.07) is 8.71. The maximum atomic E-state index is 13.3. The van der Waals surface area contributed by atoms with E-state index in [9.17, 15) is 13.2 Å². The van der Waals surface area contributed by atoms with Crippen molar-refractivity contribution in [2.45, 2.75) is 31.1 Å². The van der Waals surface area contributed by atoms with Crippen LogP contribution in [0, 0.1) is 5.92 Å². The highest BCUT2D eigenvalue weighted by molar-refractivity contribution is 5.64. The van der Waals surface area contributed by atoms with E-state index in [0.717, 1.165) is 24.1 Å². The fourth-order valence-corrected chi connectivity index (χ4v) is 4.23. The zero-order chi connectivity index (χ0) is 22.6. The average Bonchev–Trinajstić information content (AvgIpc) is 3.18. The van der Waals surface area contributed by atoms with Gasteiger partial charge in [-0.05, 0) is 37.1 Å². The van der Waals surface area contributed by atoms with Crippen molar-refractivity contribution < 1.29 is 13.2 Å². The third-order valence-electron chi connectivity index (χ3n) is 6.16. The largest absolute Gasteiger partial charge is 0.395 e. The Morgan fingerprint density at radius 1 is 1.03 bits per heavy atom. The van der Waals surface area contributed by atoms with Crippen molar-refractivity contribution in [2.75, 3.05) is 18.4 Å². The number of nitrogens with zero attached hydrogens (tertiary/aromatic N) is 6. The van der Waals surface area contributed by atoms with Crippen LogP contribution in [0.15, 0.2) is 48.9 Å². The van der Waals surface area contributed by atoms with Crippen LogP contribution in [0.25, 0.3) is 28.3 Å². The second kappa shape index (κ2) is 7.55. The van der Waals surface area contributed by atoms with Gasteiger partial charge in [-0.1, -0.05) is 6.07 Å². The van der Waals surface area contributed by atoms with Gasteiger partial charge in [0.2, 0.25) is 0 Å². The highest BCUT2D eigenvalue weighted by atomic mass is 19.4. The molecule has 2 N–H and O–H groups in total. The van der Waals surface area contributed by atoms with Crippen molar-refractivity contribution in [3.8, 4) is 22.6 Å². The second-order valence-electron chi connectivity index (χ2n) is 8.54. The first kappa shape index (κ1) is 20.2. The molecule has 0 amide bonds. The zero-order valence-electron chi connectivity index (χ0n) is 17.5. The molecule has 4 aromatic heterocycles. The molecule has 4 aromatic rings. The zero-order valence-corrected chi connectivity index (χ0v) is 17.5. The molecule has 0 unspecified atom stereocenters. The van der Waals surface area contributed by atoms with E-state index >= 15 is 0 Å². The number of alkyl halides is 3. The summed E-state index contributed by atoms with van der Waals surface area (Å²) in [5, 5.41) is 14.9. The maximum Gasteiger partial charge on any atom is 0.395 e. The Kier molecular flexibility index (Phi) is 4.61. The standard InChI is InChI=1S/C22H21F3N8/c23-22(24,25)15-9-26-10-18(15)30-20-3-1-2-17(29-20)19-11-27-21-7-6-16(31-33(19)21)13-8-28-32(12-13)14-4-5-14/h1-3,6-8,11-12,14-15,18,26H,4-5,9-10H2,(H,29,30)/t15-,18-/m0/s1. The van der Waals surface area contributed by atoms with Crippen LogP contribution >= 0.6 is 0 Å². The first-order valence-corrected chi connectivity index (χ1v) is 10.9. The molecule has 1 saturated carbocycles. The van der Waals surface area contributed by atoms with Crippen molar-refractivity contribution in [2.24, 2.45) is 5.92 Å². The van der Waals surface area contributed by atoms with Gasteiger partial charge in [-0.25, -0.2) is 14.5 Å². The lowest BCUT2D eigenvalue weighted by Gasteiger charge is -2.22. The normalized spacial score (nSPS) is 21.1. The number of imidazole rings is 1. The van der Waals surface area contributed by atoms with Crippen molar-refractivity contribution in [3.05, 3.63) is 48.9 Å². The van der Waals surface area contributed by atoms with Crippen LogP contribution in [-0.2, 0) is 0 Å². The van der Waals surface area contributed by atoms with Gasteiger partial charge in [-0.15, -0.1) is 0 Å². The second-order valence-corrected chi connectivity index (χ2v) is 8.54. The van der Waals surface area contributed by atoms with Gasteiger partial charge in [-0.2, -0.15) is 23.4 Å². The van der Waals surface area contributed by atoms with E-state index in [1.165, 1.54) is 0 Å². The van der Waals surface area contributed by atoms with Crippen molar-refractivity contribution in [3.63, 3.8) is 0 Å². The van der Waals surface area contributed by atoms with E-state index in [1.807, 2.05) is 23.0 Å². The van der Waals surface area contributed by atoms with Gasteiger partial charge in [0, 0.05) is 24.8 Å². The minimum atomic E-state index is -4.27. The van der Waals surface area contributed by atoms with E-state index in [1.54, 1.807) is 35.1 Å². The van der Waals surface area contributed by atoms with E-state index < -0.39 is 18.1 Å². The van der Waals surface area contributed by atoms with Crippen molar-refractivity contribution in [1.82, 2.24) is 34.7 Å². The van der Waals surface area contributed by atoms with Crippen molar-refractivity contribution in [1.29, 1.82) is 0 Å². The topological polar surface area (TPSA) is 85.0 Å². The van der Waals surface area contributed by atoms with Crippen molar-refractivity contribution >= 4 is 11.5 Å². The molecule has 8 nitrogen and oxygen atoms in total. The minimum absolute atomic E-state index is 0.0991. The summed E-state index contributed by atoms with van der Waals surface area (Å²) in [5.41, 5.74) is 3.55. The summed E-state index contributed by atoms with van der Waals surface area (Å²) < 4.78 is 43.5. The smallest absolute Gasteiger partial charge is 0.365 e. The fourth-order valence-electron chi connectivity index (χ4n) is 4.23. The highest BCUT2D eigenvalue weighted by Crippen LogP contribution is 2.35. The lowest BCUT2D eigenvalue weighted by molar-refractivity contribution is -0.170. The number of nitrogens with one attached hydrogen (secondary N) is 2. The molecule has 11 heteroatoms. The third kappa shape index (κ3) is 3.82. The first-order chi connectivity index (χ1) is 16.0. The SMILES string of the molecule is FC(F)(F)[C@H]1CNC[C@@H]1Nc1cccc(-c2cnc3ccc(-c4cnn(C5CC5)c4)nn23)n1. The van der Waals surface area contributed by atoms with E-state index in [0.29, 0.717) is 28.9 Å². The molecule has 1 aliphatic carbocycles.